The van der Waals surface area contributed by atoms with E-state index in [4.69, 9.17) is 4.74 Å². The van der Waals surface area contributed by atoms with Crippen molar-refractivity contribution in [1.29, 1.82) is 0 Å². The minimum Gasteiger partial charge on any atom is -0.494 e. The number of piperazine rings is 1. The summed E-state index contributed by atoms with van der Waals surface area (Å²) in [6.45, 7) is 11.7. The Morgan fingerprint density at radius 1 is 1.04 bits per heavy atom. The molecule has 0 radical (unpaired) electrons. The molecule has 1 fully saturated rings. The van der Waals surface area contributed by atoms with E-state index >= 15 is 0 Å². The van der Waals surface area contributed by atoms with Gasteiger partial charge in [0.15, 0.2) is 0 Å². The van der Waals surface area contributed by atoms with Gasteiger partial charge in [0.25, 0.3) is 5.91 Å². The number of aromatic nitrogens is 1. The van der Waals surface area contributed by atoms with Crippen LogP contribution in [0.15, 0.2) is 48.7 Å². The van der Waals surface area contributed by atoms with Crippen molar-refractivity contribution in [3.05, 3.63) is 59.9 Å². The third-order valence-electron chi connectivity index (χ3n) is 5.15. The van der Waals surface area contributed by atoms with Crippen LogP contribution in [-0.4, -0.2) is 60.0 Å². The first-order valence-electron chi connectivity index (χ1n) is 10.1. The second kappa shape index (κ2) is 9.20. The molecule has 1 aliphatic heterocycles. The molecule has 1 saturated heterocycles. The van der Waals surface area contributed by atoms with E-state index in [2.05, 4.69) is 54.9 Å². The van der Waals surface area contributed by atoms with Crippen molar-refractivity contribution >= 4 is 5.91 Å². The number of hydrogen-bond acceptors (Lipinski definition) is 4. The van der Waals surface area contributed by atoms with Gasteiger partial charge >= 0.3 is 0 Å². The van der Waals surface area contributed by atoms with Gasteiger partial charge in [-0.2, -0.15) is 0 Å². The summed E-state index contributed by atoms with van der Waals surface area (Å²) in [5.41, 5.74) is 2.01. The Hall–Kier alpha value is -2.40. The largest absolute Gasteiger partial charge is 0.494 e. The Kier molecular flexibility index (Phi) is 6.68. The van der Waals surface area contributed by atoms with Crippen LogP contribution in [0.25, 0.3) is 0 Å². The molecular formula is C23H31N3O2. The summed E-state index contributed by atoms with van der Waals surface area (Å²) in [7, 11) is 0. The number of carbonyl (C=O) groups excluding carboxylic acids is 1. The van der Waals surface area contributed by atoms with Crippen molar-refractivity contribution in [2.75, 3.05) is 39.3 Å². The van der Waals surface area contributed by atoms with Gasteiger partial charge in [-0.3, -0.25) is 14.7 Å². The molecule has 3 rings (SSSR count). The van der Waals surface area contributed by atoms with E-state index in [1.807, 2.05) is 17.0 Å². The normalized spacial score (nSPS) is 15.5. The Balaban J connectivity index is 1.35. The molecule has 150 valence electrons. The van der Waals surface area contributed by atoms with Gasteiger partial charge in [-0.1, -0.05) is 39.0 Å². The van der Waals surface area contributed by atoms with Gasteiger partial charge in [-0.25, -0.2) is 0 Å². The minimum atomic E-state index is 0.0299. The van der Waals surface area contributed by atoms with Crippen LogP contribution in [0.3, 0.4) is 0 Å². The molecular weight excluding hydrogens is 350 g/mol. The molecule has 0 bridgehead atoms. The number of rotatable bonds is 6. The van der Waals surface area contributed by atoms with E-state index in [0.29, 0.717) is 12.3 Å². The standard InChI is InChI=1S/C23H31N3O2/c1-23(2,3)19-8-10-20(11-9-19)28-18-6-13-25-14-16-26(17-15-25)22(27)21-7-4-5-12-24-21/h4-5,7-12H,6,13-18H2,1-3H3. The second-order valence-electron chi connectivity index (χ2n) is 8.33. The number of pyridine rings is 1. The van der Waals surface area contributed by atoms with E-state index < -0.39 is 0 Å². The molecule has 0 aliphatic carbocycles. The van der Waals surface area contributed by atoms with Crippen molar-refractivity contribution < 1.29 is 9.53 Å². The lowest BCUT2D eigenvalue weighted by atomic mass is 9.87. The van der Waals surface area contributed by atoms with Gasteiger partial charge in [0.2, 0.25) is 0 Å². The third kappa shape index (κ3) is 5.55. The van der Waals surface area contributed by atoms with Crippen molar-refractivity contribution in [3.8, 4) is 5.75 Å². The maximum absolute atomic E-state index is 12.4. The summed E-state index contributed by atoms with van der Waals surface area (Å²) in [6, 6.07) is 13.9. The molecule has 0 atom stereocenters. The minimum absolute atomic E-state index is 0.0299. The molecule has 5 heteroatoms. The smallest absolute Gasteiger partial charge is 0.272 e. The highest BCUT2D eigenvalue weighted by Gasteiger charge is 2.22. The lowest BCUT2D eigenvalue weighted by molar-refractivity contribution is 0.0625. The van der Waals surface area contributed by atoms with Crippen LogP contribution in [0.4, 0.5) is 0 Å². The first kappa shape index (κ1) is 20.3. The van der Waals surface area contributed by atoms with Gasteiger partial charge in [0.05, 0.1) is 6.61 Å². The van der Waals surface area contributed by atoms with Crippen LogP contribution in [0.2, 0.25) is 0 Å². The molecule has 1 amide bonds. The highest BCUT2D eigenvalue weighted by molar-refractivity contribution is 5.92. The molecule has 2 aromatic rings. The summed E-state index contributed by atoms with van der Waals surface area (Å²) < 4.78 is 5.88. The molecule has 1 aromatic carbocycles. The average molecular weight is 382 g/mol. The van der Waals surface area contributed by atoms with Gasteiger partial charge in [0.1, 0.15) is 11.4 Å². The van der Waals surface area contributed by atoms with Crippen LogP contribution in [0.5, 0.6) is 5.75 Å². The van der Waals surface area contributed by atoms with Gasteiger partial charge < -0.3 is 9.64 Å². The zero-order valence-electron chi connectivity index (χ0n) is 17.2. The Morgan fingerprint density at radius 3 is 2.36 bits per heavy atom. The summed E-state index contributed by atoms with van der Waals surface area (Å²) in [4.78, 5) is 20.9. The second-order valence-corrected chi connectivity index (χ2v) is 8.33. The van der Waals surface area contributed by atoms with Gasteiger partial charge in [0, 0.05) is 38.9 Å². The van der Waals surface area contributed by atoms with Crippen molar-refractivity contribution in [3.63, 3.8) is 0 Å². The summed E-state index contributed by atoms with van der Waals surface area (Å²) in [5, 5.41) is 0. The number of benzene rings is 1. The Morgan fingerprint density at radius 2 is 1.75 bits per heavy atom. The van der Waals surface area contributed by atoms with Crippen molar-refractivity contribution in [2.24, 2.45) is 0 Å². The van der Waals surface area contributed by atoms with Crippen LogP contribution in [-0.2, 0) is 5.41 Å². The van der Waals surface area contributed by atoms with E-state index in [0.717, 1.165) is 44.9 Å². The summed E-state index contributed by atoms with van der Waals surface area (Å²) >= 11 is 0. The van der Waals surface area contributed by atoms with Crippen LogP contribution >= 0.6 is 0 Å². The molecule has 0 N–H and O–H groups in total. The predicted molar refractivity (Wildman–Crippen MR) is 112 cm³/mol. The number of carbonyl (C=O) groups is 1. The Labute approximate surface area is 168 Å². The van der Waals surface area contributed by atoms with Crippen LogP contribution in [0, 0.1) is 0 Å². The zero-order valence-corrected chi connectivity index (χ0v) is 17.2. The summed E-state index contributed by atoms with van der Waals surface area (Å²) in [6.07, 6.45) is 2.65. The fraction of sp³-hybridized carbons (Fsp3) is 0.478. The predicted octanol–water partition coefficient (Wildman–Crippen LogP) is 3.61. The van der Waals surface area contributed by atoms with Crippen LogP contribution < -0.4 is 4.74 Å². The lowest BCUT2D eigenvalue weighted by Crippen LogP contribution is -2.49. The molecule has 0 saturated carbocycles. The SMILES string of the molecule is CC(C)(C)c1ccc(OCCCN2CCN(C(=O)c3ccccn3)CC2)cc1. The number of ether oxygens (including phenoxy) is 1. The van der Waals surface area contributed by atoms with Crippen LogP contribution in [0.1, 0.15) is 43.2 Å². The number of nitrogens with zero attached hydrogens (tertiary/aromatic N) is 3. The highest BCUT2D eigenvalue weighted by atomic mass is 16.5. The molecule has 0 unspecified atom stereocenters. The van der Waals surface area contributed by atoms with E-state index in [1.54, 1.807) is 12.3 Å². The molecule has 1 aromatic heterocycles. The number of hydrogen-bond donors (Lipinski definition) is 0. The molecule has 0 spiro atoms. The Bertz CT molecular complexity index is 746. The number of amides is 1. The lowest BCUT2D eigenvalue weighted by Gasteiger charge is -2.34. The van der Waals surface area contributed by atoms with E-state index in [1.165, 1.54) is 5.56 Å². The highest BCUT2D eigenvalue weighted by Crippen LogP contribution is 2.24. The molecule has 1 aliphatic rings. The molecule has 28 heavy (non-hydrogen) atoms. The molecule has 2 heterocycles. The zero-order chi connectivity index (χ0) is 20.0. The topological polar surface area (TPSA) is 45.7 Å². The first-order valence-corrected chi connectivity index (χ1v) is 10.1. The van der Waals surface area contributed by atoms with Gasteiger partial charge in [-0.15, -0.1) is 0 Å². The third-order valence-corrected chi connectivity index (χ3v) is 5.15. The van der Waals surface area contributed by atoms with E-state index in [9.17, 15) is 4.79 Å². The van der Waals surface area contributed by atoms with Gasteiger partial charge in [-0.05, 0) is 41.7 Å². The quantitative estimate of drug-likeness (QED) is 0.717. The maximum Gasteiger partial charge on any atom is 0.272 e. The van der Waals surface area contributed by atoms with Crippen molar-refractivity contribution in [1.82, 2.24) is 14.8 Å². The summed E-state index contributed by atoms with van der Waals surface area (Å²) in [5.74, 6) is 0.959. The molecule has 5 nitrogen and oxygen atoms in total. The van der Waals surface area contributed by atoms with E-state index in [-0.39, 0.29) is 11.3 Å². The van der Waals surface area contributed by atoms with Crippen molar-refractivity contribution in [2.45, 2.75) is 32.6 Å². The fourth-order valence-corrected chi connectivity index (χ4v) is 3.36. The first-order chi connectivity index (χ1) is 13.4. The fourth-order valence-electron chi connectivity index (χ4n) is 3.36. The average Bonchev–Trinajstić information content (AvgIpc) is 2.71. The monoisotopic (exact) mass is 381 g/mol. The maximum atomic E-state index is 12.4.